The summed E-state index contributed by atoms with van der Waals surface area (Å²) in [5.41, 5.74) is 4.17. The number of rotatable bonds is 0. The van der Waals surface area contributed by atoms with Crippen LogP contribution in [-0.2, 0) is 0 Å². The molecule has 0 saturated heterocycles. The van der Waals surface area contributed by atoms with Gasteiger partial charge in [-0.3, -0.25) is 0 Å². The zero-order chi connectivity index (χ0) is 10.5. The third kappa shape index (κ3) is 0.955. The van der Waals surface area contributed by atoms with E-state index in [2.05, 4.69) is 60.0 Å². The first-order valence-corrected chi connectivity index (χ1v) is 5.86. The molecule has 1 N–H and O–H groups in total. The molecule has 2 heterocycles. The zero-order valence-corrected chi connectivity index (χ0v) is 8.93. The SMILES string of the molecule is C1=CC2C=C3NC(c4ccccc43)C2C=C1. The van der Waals surface area contributed by atoms with Crippen molar-refractivity contribution in [3.8, 4) is 0 Å². The Morgan fingerprint density at radius 2 is 1.88 bits per heavy atom. The Bertz CT molecular complexity index is 536. The summed E-state index contributed by atoms with van der Waals surface area (Å²) in [6.07, 6.45) is 11.3. The Morgan fingerprint density at radius 3 is 2.88 bits per heavy atom. The number of fused-ring (bicyclic) bond motifs is 7. The summed E-state index contributed by atoms with van der Waals surface area (Å²) in [7, 11) is 0. The van der Waals surface area contributed by atoms with Crippen molar-refractivity contribution in [3.05, 3.63) is 65.8 Å². The van der Waals surface area contributed by atoms with Gasteiger partial charge in [-0.05, 0) is 5.56 Å². The van der Waals surface area contributed by atoms with E-state index in [4.69, 9.17) is 0 Å². The highest BCUT2D eigenvalue weighted by Crippen LogP contribution is 2.46. The van der Waals surface area contributed by atoms with Gasteiger partial charge in [0.05, 0.1) is 6.04 Å². The van der Waals surface area contributed by atoms with Crippen LogP contribution in [0.25, 0.3) is 5.70 Å². The smallest absolute Gasteiger partial charge is 0.0591 e. The predicted octanol–water partition coefficient (Wildman–Crippen LogP) is 3.04. The van der Waals surface area contributed by atoms with E-state index in [0.29, 0.717) is 17.9 Å². The highest BCUT2D eigenvalue weighted by atomic mass is 15.0. The van der Waals surface area contributed by atoms with Crippen LogP contribution in [0.2, 0.25) is 0 Å². The summed E-state index contributed by atoms with van der Waals surface area (Å²) in [6.45, 7) is 0. The van der Waals surface area contributed by atoms with Gasteiger partial charge in [-0.15, -0.1) is 0 Å². The molecule has 1 aliphatic carbocycles. The lowest BCUT2D eigenvalue weighted by molar-refractivity contribution is 0.412. The van der Waals surface area contributed by atoms with Crippen LogP contribution in [0.3, 0.4) is 0 Å². The fourth-order valence-electron chi connectivity index (χ4n) is 3.11. The maximum Gasteiger partial charge on any atom is 0.0591 e. The summed E-state index contributed by atoms with van der Waals surface area (Å²) >= 11 is 0. The van der Waals surface area contributed by atoms with Crippen molar-refractivity contribution in [2.24, 2.45) is 11.8 Å². The Balaban J connectivity index is 1.93. The van der Waals surface area contributed by atoms with Crippen LogP contribution in [0.15, 0.2) is 54.6 Å². The molecule has 2 bridgehead atoms. The lowest BCUT2D eigenvalue weighted by Crippen LogP contribution is -2.29. The topological polar surface area (TPSA) is 12.0 Å². The molecule has 0 radical (unpaired) electrons. The van der Waals surface area contributed by atoms with Crippen LogP contribution in [0.1, 0.15) is 17.2 Å². The third-order valence-electron chi connectivity index (χ3n) is 3.86. The molecule has 16 heavy (non-hydrogen) atoms. The highest BCUT2D eigenvalue weighted by Gasteiger charge is 2.38. The van der Waals surface area contributed by atoms with Crippen molar-refractivity contribution in [3.63, 3.8) is 0 Å². The van der Waals surface area contributed by atoms with E-state index in [9.17, 15) is 0 Å². The molecule has 1 aromatic carbocycles. The molecule has 0 amide bonds. The van der Waals surface area contributed by atoms with Crippen molar-refractivity contribution < 1.29 is 0 Å². The summed E-state index contributed by atoms with van der Waals surface area (Å²) in [5.74, 6) is 1.15. The van der Waals surface area contributed by atoms with E-state index in [1.807, 2.05) is 0 Å². The van der Waals surface area contributed by atoms with E-state index in [0.717, 1.165) is 0 Å². The molecule has 1 aromatic rings. The molecule has 3 aliphatic rings. The van der Waals surface area contributed by atoms with Gasteiger partial charge in [0.1, 0.15) is 0 Å². The number of hydrogen-bond acceptors (Lipinski definition) is 1. The summed E-state index contributed by atoms with van der Waals surface area (Å²) in [4.78, 5) is 0. The first-order valence-electron chi connectivity index (χ1n) is 5.86. The first-order chi connectivity index (χ1) is 7.93. The maximum absolute atomic E-state index is 3.63. The van der Waals surface area contributed by atoms with Crippen molar-refractivity contribution in [1.29, 1.82) is 0 Å². The van der Waals surface area contributed by atoms with Gasteiger partial charge in [-0.25, -0.2) is 0 Å². The second-order valence-corrected chi connectivity index (χ2v) is 4.71. The Morgan fingerprint density at radius 1 is 1.00 bits per heavy atom. The van der Waals surface area contributed by atoms with E-state index in [1.165, 1.54) is 16.8 Å². The van der Waals surface area contributed by atoms with Gasteiger partial charge in [0.15, 0.2) is 0 Å². The number of allylic oxidation sites excluding steroid dienone is 4. The summed E-state index contributed by atoms with van der Waals surface area (Å²) < 4.78 is 0. The minimum Gasteiger partial charge on any atom is -0.377 e. The van der Waals surface area contributed by atoms with Crippen LogP contribution in [-0.4, -0.2) is 0 Å². The molecular formula is C15H13N. The van der Waals surface area contributed by atoms with Crippen molar-refractivity contribution in [2.75, 3.05) is 0 Å². The van der Waals surface area contributed by atoms with Crippen molar-refractivity contribution in [1.82, 2.24) is 5.32 Å². The lowest BCUT2D eigenvalue weighted by atomic mass is 9.80. The minimum atomic E-state index is 0.474. The molecule has 3 unspecified atom stereocenters. The Kier molecular flexibility index (Phi) is 1.51. The van der Waals surface area contributed by atoms with Gasteiger partial charge in [0.25, 0.3) is 0 Å². The van der Waals surface area contributed by atoms with E-state index >= 15 is 0 Å². The maximum atomic E-state index is 3.63. The molecule has 0 fully saturated rings. The summed E-state index contributed by atoms with van der Waals surface area (Å²) in [6, 6.07) is 9.21. The molecule has 1 nitrogen and oxygen atoms in total. The largest absolute Gasteiger partial charge is 0.377 e. The predicted molar refractivity (Wildman–Crippen MR) is 65.6 cm³/mol. The number of nitrogens with one attached hydrogen (secondary N) is 1. The first kappa shape index (κ1) is 8.40. The molecule has 78 valence electrons. The van der Waals surface area contributed by atoms with E-state index in [-0.39, 0.29) is 0 Å². The van der Waals surface area contributed by atoms with Gasteiger partial charge in [0, 0.05) is 23.1 Å². The second-order valence-electron chi connectivity index (χ2n) is 4.71. The molecule has 2 aliphatic heterocycles. The molecule has 0 aromatic heterocycles. The molecule has 0 spiro atoms. The normalized spacial score (nSPS) is 32.8. The van der Waals surface area contributed by atoms with Crippen molar-refractivity contribution in [2.45, 2.75) is 6.04 Å². The number of benzene rings is 1. The van der Waals surface area contributed by atoms with Gasteiger partial charge in [-0.1, -0.05) is 54.6 Å². The van der Waals surface area contributed by atoms with E-state index in [1.54, 1.807) is 0 Å². The monoisotopic (exact) mass is 207 g/mol. The van der Waals surface area contributed by atoms with Crippen LogP contribution >= 0.6 is 0 Å². The van der Waals surface area contributed by atoms with Crippen LogP contribution < -0.4 is 5.32 Å². The van der Waals surface area contributed by atoms with Crippen molar-refractivity contribution >= 4 is 5.70 Å². The molecule has 1 heteroatoms. The quantitative estimate of drug-likeness (QED) is 0.689. The summed E-state index contributed by atoms with van der Waals surface area (Å²) in [5, 5.41) is 3.63. The molecule has 4 rings (SSSR count). The average Bonchev–Trinajstić information content (AvgIpc) is 2.65. The highest BCUT2D eigenvalue weighted by molar-refractivity contribution is 5.74. The average molecular weight is 207 g/mol. The van der Waals surface area contributed by atoms with Gasteiger partial charge < -0.3 is 5.32 Å². The van der Waals surface area contributed by atoms with Crippen LogP contribution in [0.4, 0.5) is 0 Å². The third-order valence-corrected chi connectivity index (χ3v) is 3.86. The number of hydrogen-bond donors (Lipinski definition) is 1. The van der Waals surface area contributed by atoms with Gasteiger partial charge in [-0.2, -0.15) is 0 Å². The molecule has 0 saturated carbocycles. The van der Waals surface area contributed by atoms with Crippen LogP contribution in [0, 0.1) is 11.8 Å². The minimum absolute atomic E-state index is 0.474. The lowest BCUT2D eigenvalue weighted by Gasteiger charge is -2.31. The molecular weight excluding hydrogens is 194 g/mol. The van der Waals surface area contributed by atoms with E-state index < -0.39 is 0 Å². The molecule has 3 atom stereocenters. The second kappa shape index (κ2) is 2.88. The van der Waals surface area contributed by atoms with Gasteiger partial charge >= 0.3 is 0 Å². The standard InChI is InChI=1S/C15H13N/c1-2-6-11-10(5-1)9-14-12-7-3-4-8-13(12)15(11)16-14/h1-11,15-16H. The fourth-order valence-corrected chi connectivity index (χ4v) is 3.11. The Hall–Kier alpha value is -1.76. The zero-order valence-electron chi connectivity index (χ0n) is 8.93. The van der Waals surface area contributed by atoms with Gasteiger partial charge in [0.2, 0.25) is 0 Å². The van der Waals surface area contributed by atoms with Crippen LogP contribution in [0.5, 0.6) is 0 Å². The Labute approximate surface area is 95.2 Å². The fraction of sp³-hybridized carbons (Fsp3) is 0.200.